The van der Waals surface area contributed by atoms with Crippen LogP contribution in [-0.2, 0) is 25.6 Å². The molecule has 1 aromatic heterocycles. The molecular weight excluding hydrogens is 526 g/mol. The molecule has 1 fully saturated rings. The lowest BCUT2D eigenvalue weighted by molar-refractivity contribution is 0.0923. The van der Waals surface area contributed by atoms with Crippen LogP contribution in [0.3, 0.4) is 0 Å². The van der Waals surface area contributed by atoms with E-state index in [2.05, 4.69) is 26.4 Å². The molecule has 1 amide bonds. The van der Waals surface area contributed by atoms with Crippen molar-refractivity contribution in [2.24, 2.45) is 11.8 Å². The summed E-state index contributed by atoms with van der Waals surface area (Å²) in [7, 11) is 0. The number of nitrogens with one attached hydrogen (secondary N) is 4. The smallest absolute Gasteiger partial charge is 0.274 e. The van der Waals surface area contributed by atoms with E-state index in [0.29, 0.717) is 30.8 Å². The van der Waals surface area contributed by atoms with Gasteiger partial charge in [0.2, 0.25) is 0 Å². The minimum atomic E-state index is -0.816. The summed E-state index contributed by atoms with van der Waals surface area (Å²) in [5.41, 5.74) is 1.37. The Morgan fingerprint density at radius 1 is 1.10 bits per heavy atom. The third-order valence-electron chi connectivity index (χ3n) is 6.78. The number of hydrogen-bond acceptors (Lipinski definition) is 10. The molecular formula is C30H33N5O6. The van der Waals surface area contributed by atoms with E-state index in [4.69, 9.17) is 4.52 Å². The van der Waals surface area contributed by atoms with Gasteiger partial charge in [-0.15, -0.1) is 0 Å². The second-order valence-corrected chi connectivity index (χ2v) is 10.1. The maximum absolute atomic E-state index is 12.8. The summed E-state index contributed by atoms with van der Waals surface area (Å²) in [5, 5.41) is 15.6. The summed E-state index contributed by atoms with van der Waals surface area (Å²) in [5.74, 6) is 6.95. The van der Waals surface area contributed by atoms with Gasteiger partial charge in [-0.05, 0) is 37.7 Å². The Labute approximate surface area is 237 Å². The Kier molecular flexibility index (Phi) is 11.2. The molecule has 4 N–H and O–H groups in total. The zero-order valence-corrected chi connectivity index (χ0v) is 23.2. The second-order valence-electron chi connectivity index (χ2n) is 10.1. The molecule has 11 heteroatoms. The number of aryl methyl sites for hydroxylation is 1. The van der Waals surface area contributed by atoms with Crippen LogP contribution >= 0.6 is 0 Å². The average Bonchev–Trinajstić information content (AvgIpc) is 3.61. The van der Waals surface area contributed by atoms with Gasteiger partial charge in [-0.2, -0.15) is 0 Å². The third kappa shape index (κ3) is 8.54. The van der Waals surface area contributed by atoms with Gasteiger partial charge in [-0.3, -0.25) is 4.79 Å². The molecule has 2 heterocycles. The summed E-state index contributed by atoms with van der Waals surface area (Å²) in [6.07, 6.45) is 2.49. The van der Waals surface area contributed by atoms with Crippen LogP contribution in [0.25, 0.3) is 0 Å². The Bertz CT molecular complexity index is 1410. The van der Waals surface area contributed by atoms with Crippen LogP contribution in [0.1, 0.15) is 48.5 Å². The molecule has 0 radical (unpaired) electrons. The Hall–Kier alpha value is -4.90. The van der Waals surface area contributed by atoms with Crippen LogP contribution in [0.15, 0.2) is 64.1 Å². The zero-order chi connectivity index (χ0) is 29.8. The molecule has 3 rings (SSSR count). The van der Waals surface area contributed by atoms with E-state index in [1.165, 1.54) is 12.1 Å². The maximum Gasteiger partial charge on any atom is 0.274 e. The average molecular weight is 560 g/mol. The van der Waals surface area contributed by atoms with Gasteiger partial charge in [-0.25, -0.2) is 19.2 Å². The summed E-state index contributed by atoms with van der Waals surface area (Å²) in [4.78, 5) is 60.0. The highest BCUT2D eigenvalue weighted by molar-refractivity contribution is 5.92. The lowest BCUT2D eigenvalue weighted by Gasteiger charge is -2.29. The minimum absolute atomic E-state index is 0.0118. The van der Waals surface area contributed by atoms with Crippen molar-refractivity contribution in [3.8, 4) is 0 Å². The highest BCUT2D eigenvalue weighted by Gasteiger charge is 2.30. The monoisotopic (exact) mass is 559 g/mol. The fourth-order valence-corrected chi connectivity index (χ4v) is 4.69. The van der Waals surface area contributed by atoms with Crippen molar-refractivity contribution in [3.05, 3.63) is 76.6 Å². The van der Waals surface area contributed by atoms with Gasteiger partial charge in [-0.1, -0.05) is 49.3 Å². The van der Waals surface area contributed by atoms with Gasteiger partial charge in [0, 0.05) is 24.6 Å². The van der Waals surface area contributed by atoms with E-state index >= 15 is 0 Å². The highest BCUT2D eigenvalue weighted by atomic mass is 16.5. The van der Waals surface area contributed by atoms with Crippen molar-refractivity contribution in [1.29, 1.82) is 0 Å². The molecule has 1 aliphatic rings. The first-order valence-electron chi connectivity index (χ1n) is 13.3. The van der Waals surface area contributed by atoms with Crippen molar-refractivity contribution in [2.45, 2.75) is 58.2 Å². The number of amides is 1. The summed E-state index contributed by atoms with van der Waals surface area (Å²) in [6, 6.07) is 8.47. The predicted molar refractivity (Wildman–Crippen MR) is 150 cm³/mol. The first-order chi connectivity index (χ1) is 19.8. The number of carbonyl (C=O) groups is 1. The molecule has 11 nitrogen and oxygen atoms in total. The molecule has 0 spiro atoms. The summed E-state index contributed by atoms with van der Waals surface area (Å²) >= 11 is 0. The molecule has 1 aromatic carbocycles. The number of hydrogen-bond donors (Lipinski definition) is 4. The van der Waals surface area contributed by atoms with Crippen molar-refractivity contribution < 1.29 is 28.5 Å². The summed E-state index contributed by atoms with van der Waals surface area (Å²) < 4.78 is 4.99. The normalized spacial score (nSPS) is 16.1. The van der Waals surface area contributed by atoms with Gasteiger partial charge >= 0.3 is 0 Å². The number of benzene rings is 1. The number of nitrogens with zero attached hydrogens (tertiary/aromatic N) is 1. The highest BCUT2D eigenvalue weighted by Crippen LogP contribution is 2.23. The molecule has 4 atom stereocenters. The first-order valence-corrected chi connectivity index (χ1v) is 13.3. The van der Waals surface area contributed by atoms with Gasteiger partial charge < -0.3 is 25.8 Å². The van der Waals surface area contributed by atoms with Crippen LogP contribution in [-0.4, -0.2) is 59.5 Å². The molecule has 2 aromatic rings. The van der Waals surface area contributed by atoms with Crippen LogP contribution < -0.4 is 21.3 Å². The van der Waals surface area contributed by atoms with Crippen molar-refractivity contribution >= 4 is 29.7 Å². The lowest BCUT2D eigenvalue weighted by Crippen LogP contribution is -2.49. The lowest BCUT2D eigenvalue weighted by atomic mass is 9.95. The van der Waals surface area contributed by atoms with Gasteiger partial charge in [0.1, 0.15) is 40.9 Å². The SMILES string of the molecule is Cc1cc(C(=O)N[C@H](C(=C=O)N[C@@H](Cc2ccccc2)C(=C=O)N[C@H](C=C=O)C[C@@H]2CCNC2=C=O)C(C)C)no1. The molecule has 1 aliphatic heterocycles. The Morgan fingerprint density at radius 3 is 2.41 bits per heavy atom. The van der Waals surface area contributed by atoms with Gasteiger partial charge in [0.15, 0.2) is 5.69 Å². The fraction of sp³-hybridized carbons (Fsp3) is 0.400. The second kappa shape index (κ2) is 15.0. The minimum Gasteiger partial charge on any atom is -0.379 e. The van der Waals surface area contributed by atoms with Crippen molar-refractivity contribution in [3.63, 3.8) is 0 Å². The molecule has 0 bridgehead atoms. The van der Waals surface area contributed by atoms with Crippen LogP contribution in [0.4, 0.5) is 0 Å². The standard InChI is InChI=1S/C30H33N5O6/c1-19(2)29(34-30(40)25-13-20(3)41-35-25)28(18-39)33-24(14-21-7-5-4-6-8-21)27(17-38)32-23(10-12-36)15-22-9-11-31-26(22)16-37/h4-8,10,13,19,22-24,29,31-33H,9,11,14-15H2,1-3H3,(H,34,40)/t22-,23+,24-,29-/m0/s1. The molecule has 1 saturated heterocycles. The number of rotatable bonds is 14. The van der Waals surface area contributed by atoms with Crippen molar-refractivity contribution in [1.82, 2.24) is 26.4 Å². The van der Waals surface area contributed by atoms with Crippen LogP contribution in [0.5, 0.6) is 0 Å². The van der Waals surface area contributed by atoms with E-state index in [0.717, 1.165) is 5.56 Å². The summed E-state index contributed by atoms with van der Waals surface area (Å²) in [6.45, 7) is 5.89. The van der Waals surface area contributed by atoms with E-state index in [9.17, 15) is 24.0 Å². The van der Waals surface area contributed by atoms with E-state index in [1.54, 1.807) is 12.9 Å². The molecule has 41 heavy (non-hydrogen) atoms. The molecule has 0 unspecified atom stereocenters. The van der Waals surface area contributed by atoms with Crippen LogP contribution in [0.2, 0.25) is 0 Å². The topological polar surface area (TPSA) is 160 Å². The first kappa shape index (κ1) is 30.6. The van der Waals surface area contributed by atoms with Gasteiger partial charge in [0.25, 0.3) is 5.91 Å². The number of aromatic nitrogens is 1. The number of carbonyl (C=O) groups excluding carboxylic acids is 5. The quantitative estimate of drug-likeness (QED) is 0.249. The van der Waals surface area contributed by atoms with Gasteiger partial charge in [0.05, 0.1) is 23.8 Å². The Balaban J connectivity index is 1.89. The van der Waals surface area contributed by atoms with E-state index in [-0.39, 0.29) is 35.3 Å². The number of allylic oxidation sites excluding steroid dienone is 1. The van der Waals surface area contributed by atoms with Crippen molar-refractivity contribution in [2.75, 3.05) is 6.54 Å². The predicted octanol–water partition coefficient (Wildman–Crippen LogP) is 1.43. The molecule has 214 valence electrons. The molecule has 0 aliphatic carbocycles. The largest absolute Gasteiger partial charge is 0.379 e. The van der Waals surface area contributed by atoms with E-state index < -0.39 is 24.0 Å². The fourth-order valence-electron chi connectivity index (χ4n) is 4.69. The molecule has 0 saturated carbocycles. The maximum atomic E-state index is 12.8. The zero-order valence-electron chi connectivity index (χ0n) is 23.2. The third-order valence-corrected chi connectivity index (χ3v) is 6.78. The van der Waals surface area contributed by atoms with E-state index in [1.807, 2.05) is 62.0 Å². The van der Waals surface area contributed by atoms with Crippen LogP contribution in [0, 0.1) is 18.8 Å². The Morgan fingerprint density at radius 2 is 1.83 bits per heavy atom.